The van der Waals surface area contributed by atoms with Crippen molar-refractivity contribution in [3.63, 3.8) is 0 Å². The van der Waals surface area contributed by atoms with Gasteiger partial charge in [-0.15, -0.1) is 0 Å². The summed E-state index contributed by atoms with van der Waals surface area (Å²) in [4.78, 5) is 12.2. The van der Waals surface area contributed by atoms with E-state index in [1.807, 2.05) is 0 Å². The Bertz CT molecular complexity index is 592. The number of hydrogen-bond acceptors (Lipinski definition) is 3. The van der Waals surface area contributed by atoms with Gasteiger partial charge in [-0.25, -0.2) is 0 Å². The fourth-order valence-corrected chi connectivity index (χ4v) is 7.30. The van der Waals surface area contributed by atoms with Crippen molar-refractivity contribution in [1.82, 2.24) is 0 Å². The molecule has 6 unspecified atom stereocenters. The number of allylic oxidation sites excluding steroid dienone is 1. The number of rotatable bonds is 1. The number of fused-ring (bicyclic) bond motifs is 5. The predicted octanol–water partition coefficient (Wildman–Crippen LogP) is 3.84. The highest BCUT2D eigenvalue weighted by Crippen LogP contribution is 2.66. The van der Waals surface area contributed by atoms with Crippen LogP contribution in [0.15, 0.2) is 11.6 Å². The minimum absolute atomic E-state index is 0.132. The first-order valence-corrected chi connectivity index (χ1v) is 9.82. The van der Waals surface area contributed by atoms with Gasteiger partial charge in [-0.05, 0) is 74.0 Å². The standard InChI is InChI=1S/C21H32O3/c1-13(22)16-6-7-17-15-5-4-14-12-21(23,24)11-10-19(14,2)18(15)8-9-20(16,17)3/h4,15-18,23-24H,5-12H2,1-3H3. The molecule has 4 rings (SSSR count). The number of aliphatic hydroxyl groups is 2. The van der Waals surface area contributed by atoms with Gasteiger partial charge in [0.05, 0.1) is 0 Å². The van der Waals surface area contributed by atoms with E-state index in [4.69, 9.17) is 0 Å². The highest BCUT2D eigenvalue weighted by atomic mass is 16.5. The molecule has 3 saturated carbocycles. The van der Waals surface area contributed by atoms with Crippen molar-refractivity contribution in [3.8, 4) is 0 Å². The molecule has 6 atom stereocenters. The minimum atomic E-state index is -1.51. The van der Waals surface area contributed by atoms with Crippen LogP contribution in [0.5, 0.6) is 0 Å². The molecule has 0 aromatic heterocycles. The van der Waals surface area contributed by atoms with Crippen molar-refractivity contribution in [2.24, 2.45) is 34.5 Å². The summed E-state index contributed by atoms with van der Waals surface area (Å²) in [5, 5.41) is 20.2. The maximum atomic E-state index is 12.2. The van der Waals surface area contributed by atoms with Gasteiger partial charge in [-0.3, -0.25) is 4.79 Å². The van der Waals surface area contributed by atoms with E-state index in [9.17, 15) is 15.0 Å². The molecule has 3 nitrogen and oxygen atoms in total. The van der Waals surface area contributed by atoms with E-state index in [2.05, 4.69) is 19.9 Å². The lowest BCUT2D eigenvalue weighted by Crippen LogP contribution is -2.52. The van der Waals surface area contributed by atoms with Gasteiger partial charge in [0, 0.05) is 18.8 Å². The topological polar surface area (TPSA) is 57.5 Å². The Morgan fingerprint density at radius 3 is 2.54 bits per heavy atom. The van der Waals surface area contributed by atoms with Crippen LogP contribution in [0.3, 0.4) is 0 Å². The predicted molar refractivity (Wildman–Crippen MR) is 93.0 cm³/mol. The summed E-state index contributed by atoms with van der Waals surface area (Å²) in [7, 11) is 0. The average Bonchev–Trinajstić information content (AvgIpc) is 2.85. The van der Waals surface area contributed by atoms with Gasteiger partial charge in [0.2, 0.25) is 0 Å². The van der Waals surface area contributed by atoms with Crippen LogP contribution in [0.4, 0.5) is 0 Å². The van der Waals surface area contributed by atoms with E-state index >= 15 is 0 Å². The molecule has 3 fully saturated rings. The molecule has 0 aromatic carbocycles. The molecule has 0 aromatic rings. The van der Waals surface area contributed by atoms with Crippen LogP contribution < -0.4 is 0 Å². The number of hydrogen-bond donors (Lipinski definition) is 2. The Kier molecular flexibility index (Phi) is 3.61. The summed E-state index contributed by atoms with van der Waals surface area (Å²) in [6.45, 7) is 6.53. The summed E-state index contributed by atoms with van der Waals surface area (Å²) in [5.41, 5.74) is 1.61. The van der Waals surface area contributed by atoms with Crippen LogP contribution in [0.2, 0.25) is 0 Å². The summed E-state index contributed by atoms with van der Waals surface area (Å²) in [6, 6.07) is 0. The summed E-state index contributed by atoms with van der Waals surface area (Å²) >= 11 is 0. The second kappa shape index (κ2) is 5.17. The third-order valence-corrected chi connectivity index (χ3v) is 8.63. The molecule has 4 aliphatic rings. The molecule has 2 N–H and O–H groups in total. The SMILES string of the molecule is CC(=O)C1CCC2C3CC=C4CC(O)(O)CCC4(C)C3CCC12C. The largest absolute Gasteiger partial charge is 0.365 e. The first-order chi connectivity index (χ1) is 11.2. The molecular formula is C21H32O3. The zero-order valence-corrected chi connectivity index (χ0v) is 15.3. The molecular weight excluding hydrogens is 300 g/mol. The van der Waals surface area contributed by atoms with Gasteiger partial charge in [-0.1, -0.05) is 25.5 Å². The van der Waals surface area contributed by atoms with Crippen LogP contribution in [0, 0.1) is 34.5 Å². The third kappa shape index (κ3) is 2.20. The molecule has 0 saturated heterocycles. The molecule has 0 aliphatic heterocycles. The Morgan fingerprint density at radius 2 is 1.83 bits per heavy atom. The van der Waals surface area contributed by atoms with Gasteiger partial charge >= 0.3 is 0 Å². The lowest BCUT2D eigenvalue weighted by atomic mass is 9.47. The van der Waals surface area contributed by atoms with Crippen molar-refractivity contribution in [3.05, 3.63) is 11.6 Å². The van der Waals surface area contributed by atoms with Crippen LogP contribution in [-0.4, -0.2) is 21.8 Å². The highest BCUT2D eigenvalue weighted by molar-refractivity contribution is 5.79. The van der Waals surface area contributed by atoms with Crippen molar-refractivity contribution in [2.45, 2.75) is 77.9 Å². The molecule has 134 valence electrons. The number of carbonyl (C=O) groups excluding carboxylic acids is 1. The van der Waals surface area contributed by atoms with E-state index < -0.39 is 5.79 Å². The molecule has 0 bridgehead atoms. The maximum absolute atomic E-state index is 12.2. The average molecular weight is 332 g/mol. The first kappa shape index (κ1) is 16.8. The Morgan fingerprint density at radius 1 is 1.08 bits per heavy atom. The molecule has 3 heteroatoms. The van der Waals surface area contributed by atoms with Gasteiger partial charge in [0.25, 0.3) is 0 Å². The van der Waals surface area contributed by atoms with Crippen LogP contribution in [0.25, 0.3) is 0 Å². The molecule has 0 radical (unpaired) electrons. The van der Waals surface area contributed by atoms with Crippen LogP contribution in [0.1, 0.15) is 72.1 Å². The molecule has 0 spiro atoms. The highest BCUT2D eigenvalue weighted by Gasteiger charge is 2.60. The van der Waals surface area contributed by atoms with E-state index in [0.717, 1.165) is 25.7 Å². The normalized spacial score (nSPS) is 49.6. The fourth-order valence-electron chi connectivity index (χ4n) is 7.30. The number of carbonyl (C=O) groups is 1. The fraction of sp³-hybridized carbons (Fsp3) is 0.857. The lowest BCUT2D eigenvalue weighted by Gasteiger charge is -2.58. The van der Waals surface area contributed by atoms with E-state index in [1.165, 1.54) is 18.4 Å². The molecule has 24 heavy (non-hydrogen) atoms. The number of ketones is 1. The quantitative estimate of drug-likeness (QED) is 0.567. The summed E-state index contributed by atoms with van der Waals surface area (Å²) in [5.74, 6) is 1.13. The van der Waals surface area contributed by atoms with E-state index in [-0.39, 0.29) is 16.7 Å². The van der Waals surface area contributed by atoms with Crippen molar-refractivity contribution in [1.29, 1.82) is 0 Å². The molecule has 4 aliphatic carbocycles. The summed E-state index contributed by atoms with van der Waals surface area (Å²) < 4.78 is 0. The zero-order chi connectivity index (χ0) is 17.3. The van der Waals surface area contributed by atoms with Crippen LogP contribution in [-0.2, 0) is 4.79 Å². The minimum Gasteiger partial charge on any atom is -0.365 e. The monoisotopic (exact) mass is 332 g/mol. The van der Waals surface area contributed by atoms with Crippen molar-refractivity contribution < 1.29 is 15.0 Å². The van der Waals surface area contributed by atoms with E-state index in [1.54, 1.807) is 6.92 Å². The zero-order valence-electron chi connectivity index (χ0n) is 15.3. The smallest absolute Gasteiger partial charge is 0.166 e. The van der Waals surface area contributed by atoms with Crippen molar-refractivity contribution >= 4 is 5.78 Å². The number of Topliss-reactive ketones (excluding diaryl/α,β-unsaturated/α-hetero) is 1. The van der Waals surface area contributed by atoms with Gasteiger partial charge < -0.3 is 10.2 Å². The maximum Gasteiger partial charge on any atom is 0.166 e. The Hall–Kier alpha value is -0.670. The van der Waals surface area contributed by atoms with Crippen LogP contribution >= 0.6 is 0 Å². The third-order valence-electron chi connectivity index (χ3n) is 8.63. The Balaban J connectivity index is 1.66. The van der Waals surface area contributed by atoms with Gasteiger partial charge in [-0.2, -0.15) is 0 Å². The van der Waals surface area contributed by atoms with Gasteiger partial charge in [0.1, 0.15) is 5.78 Å². The van der Waals surface area contributed by atoms with E-state index in [0.29, 0.717) is 36.4 Å². The second-order valence-electron chi connectivity index (χ2n) is 9.70. The Labute approximate surface area is 145 Å². The van der Waals surface area contributed by atoms with Crippen molar-refractivity contribution in [2.75, 3.05) is 0 Å². The summed E-state index contributed by atoms with van der Waals surface area (Å²) in [6.07, 6.45) is 9.81. The first-order valence-electron chi connectivity index (χ1n) is 9.82. The molecule has 0 amide bonds. The molecule has 0 heterocycles. The van der Waals surface area contributed by atoms with Gasteiger partial charge in [0.15, 0.2) is 5.79 Å². The second-order valence-corrected chi connectivity index (χ2v) is 9.70. The lowest BCUT2D eigenvalue weighted by molar-refractivity contribution is -0.188.